The van der Waals surface area contributed by atoms with Crippen molar-refractivity contribution in [3.8, 4) is 5.75 Å². The predicted molar refractivity (Wildman–Crippen MR) is 93.9 cm³/mol. The molecule has 0 saturated carbocycles. The van der Waals surface area contributed by atoms with Crippen LogP contribution in [0, 0.1) is 0 Å². The normalized spacial score (nSPS) is 18.2. The molecule has 1 aromatic carbocycles. The molecule has 0 bridgehead atoms. The number of carbonyl (C=O) groups excluding carboxylic acids is 1. The number of nitrogens with two attached hydrogens (primary N) is 2. The van der Waals surface area contributed by atoms with Crippen LogP contribution in [0.4, 0.5) is 5.82 Å². The van der Waals surface area contributed by atoms with Gasteiger partial charge in [0.2, 0.25) is 0 Å². The van der Waals surface area contributed by atoms with Crippen molar-refractivity contribution in [2.45, 2.75) is 18.9 Å². The molecule has 1 saturated heterocycles. The van der Waals surface area contributed by atoms with Crippen LogP contribution < -0.4 is 21.1 Å². The Bertz CT molecular complexity index is 765. The smallest absolute Gasteiger partial charge is 0.252 e. The highest BCUT2D eigenvalue weighted by atomic mass is 79.9. The van der Waals surface area contributed by atoms with Crippen LogP contribution in [0.2, 0.25) is 0 Å². The van der Waals surface area contributed by atoms with Gasteiger partial charge in [-0.25, -0.2) is 4.98 Å². The molecule has 1 aliphatic rings. The summed E-state index contributed by atoms with van der Waals surface area (Å²) in [6.45, 7) is 1.68. The quantitative estimate of drug-likeness (QED) is 0.851. The number of amides is 1. The van der Waals surface area contributed by atoms with E-state index in [0.29, 0.717) is 11.3 Å². The molecule has 3 rings (SSSR count). The number of carbonyl (C=O) groups is 1. The maximum absolute atomic E-state index is 11.6. The Kier molecular flexibility index (Phi) is 4.41. The topological polar surface area (TPSA) is 94.5 Å². The number of benzene rings is 1. The number of ether oxygens (including phenoxy) is 1. The van der Waals surface area contributed by atoms with Gasteiger partial charge < -0.3 is 21.1 Å². The Morgan fingerprint density at radius 1 is 1.43 bits per heavy atom. The number of fused-ring (bicyclic) bond motifs is 1. The molecular weight excluding hydrogens is 360 g/mol. The van der Waals surface area contributed by atoms with E-state index in [2.05, 4.69) is 25.8 Å². The summed E-state index contributed by atoms with van der Waals surface area (Å²) < 4.78 is 6.14. The van der Waals surface area contributed by atoms with Crippen LogP contribution in [-0.4, -0.2) is 37.1 Å². The molecule has 0 aliphatic carbocycles. The Morgan fingerprint density at radius 2 is 2.22 bits per heavy atom. The molecule has 1 aromatic heterocycles. The Labute approximate surface area is 142 Å². The average Bonchev–Trinajstić information content (AvgIpc) is 2.54. The lowest BCUT2D eigenvalue weighted by atomic mass is 10.0. The Hall–Kier alpha value is -1.86. The first-order valence-electron chi connectivity index (χ1n) is 7.48. The molecule has 1 aliphatic heterocycles. The molecule has 7 heteroatoms. The number of piperidine rings is 1. The third-order valence-corrected chi connectivity index (χ3v) is 4.79. The highest BCUT2D eigenvalue weighted by Crippen LogP contribution is 2.36. The van der Waals surface area contributed by atoms with Crippen molar-refractivity contribution < 1.29 is 9.53 Å². The van der Waals surface area contributed by atoms with Gasteiger partial charge in [0.05, 0.1) is 12.7 Å². The van der Waals surface area contributed by atoms with Crippen molar-refractivity contribution in [3.63, 3.8) is 0 Å². The average molecular weight is 379 g/mol. The van der Waals surface area contributed by atoms with Crippen LogP contribution in [0.3, 0.4) is 0 Å². The number of hydrogen-bond donors (Lipinski definition) is 2. The Morgan fingerprint density at radius 3 is 2.87 bits per heavy atom. The van der Waals surface area contributed by atoms with Crippen molar-refractivity contribution in [1.82, 2.24) is 4.98 Å². The zero-order valence-corrected chi connectivity index (χ0v) is 14.5. The van der Waals surface area contributed by atoms with E-state index >= 15 is 0 Å². The molecule has 0 unspecified atom stereocenters. The van der Waals surface area contributed by atoms with Gasteiger partial charge in [-0.15, -0.1) is 0 Å². The number of halogens is 1. The summed E-state index contributed by atoms with van der Waals surface area (Å²) >= 11 is 3.50. The lowest BCUT2D eigenvalue weighted by Gasteiger charge is -2.32. The van der Waals surface area contributed by atoms with E-state index in [-0.39, 0.29) is 6.04 Å². The molecule has 6 nitrogen and oxygen atoms in total. The van der Waals surface area contributed by atoms with E-state index < -0.39 is 5.91 Å². The summed E-state index contributed by atoms with van der Waals surface area (Å²) in [5.41, 5.74) is 11.9. The van der Waals surface area contributed by atoms with Crippen LogP contribution in [0.5, 0.6) is 5.75 Å². The van der Waals surface area contributed by atoms with Gasteiger partial charge in [-0.1, -0.05) is 0 Å². The molecule has 1 fully saturated rings. The highest BCUT2D eigenvalue weighted by Gasteiger charge is 2.22. The molecule has 0 spiro atoms. The number of aromatic nitrogens is 1. The first kappa shape index (κ1) is 16.0. The van der Waals surface area contributed by atoms with Gasteiger partial charge >= 0.3 is 0 Å². The van der Waals surface area contributed by atoms with Crippen LogP contribution in [0.25, 0.3) is 10.8 Å². The van der Waals surface area contributed by atoms with E-state index in [1.165, 1.54) is 7.11 Å². The molecule has 2 aromatic rings. The van der Waals surface area contributed by atoms with Gasteiger partial charge in [0.15, 0.2) is 0 Å². The molecule has 1 atom stereocenters. The van der Waals surface area contributed by atoms with Gasteiger partial charge in [0, 0.05) is 40.6 Å². The number of methoxy groups -OCH3 is 1. The summed E-state index contributed by atoms with van der Waals surface area (Å²) in [6, 6.07) is 3.72. The van der Waals surface area contributed by atoms with E-state index in [9.17, 15) is 4.79 Å². The lowest BCUT2D eigenvalue weighted by Crippen LogP contribution is -2.43. The minimum Gasteiger partial charge on any atom is -0.496 e. The van der Waals surface area contributed by atoms with E-state index in [1.54, 1.807) is 12.3 Å². The molecular formula is C16H19BrN4O2. The largest absolute Gasteiger partial charge is 0.496 e. The standard InChI is InChI=1S/C16H19BrN4O2/c1-23-14-6-11-10(5-12(14)15(19)22)13(17)7-20-16(11)21-4-2-3-9(18)8-21/h5-7,9H,2-4,8,18H2,1H3,(H2,19,22)/t9-/m0/s1. The minimum atomic E-state index is -0.519. The predicted octanol–water partition coefficient (Wildman–Crippen LogP) is 2.03. The second kappa shape index (κ2) is 6.33. The molecule has 4 N–H and O–H groups in total. The summed E-state index contributed by atoms with van der Waals surface area (Å²) in [6.07, 6.45) is 3.81. The molecule has 122 valence electrons. The van der Waals surface area contributed by atoms with E-state index in [4.69, 9.17) is 16.2 Å². The zero-order chi connectivity index (χ0) is 16.6. The van der Waals surface area contributed by atoms with Crippen molar-refractivity contribution in [2.24, 2.45) is 11.5 Å². The first-order valence-corrected chi connectivity index (χ1v) is 8.27. The van der Waals surface area contributed by atoms with Gasteiger partial charge in [-0.05, 0) is 40.9 Å². The van der Waals surface area contributed by atoms with Crippen molar-refractivity contribution in [2.75, 3.05) is 25.1 Å². The maximum Gasteiger partial charge on any atom is 0.252 e. The van der Waals surface area contributed by atoms with Crippen molar-refractivity contribution in [3.05, 3.63) is 28.4 Å². The molecule has 2 heterocycles. The first-order chi connectivity index (χ1) is 11.0. The summed E-state index contributed by atoms with van der Waals surface area (Å²) in [5, 5.41) is 1.79. The fourth-order valence-electron chi connectivity index (χ4n) is 3.04. The van der Waals surface area contributed by atoms with Crippen LogP contribution in [-0.2, 0) is 0 Å². The maximum atomic E-state index is 11.6. The molecule has 23 heavy (non-hydrogen) atoms. The second-order valence-corrected chi connectivity index (χ2v) is 6.59. The summed E-state index contributed by atoms with van der Waals surface area (Å²) in [5.74, 6) is 0.786. The molecule has 0 radical (unpaired) electrons. The SMILES string of the molecule is COc1cc2c(N3CCC[C@H](N)C3)ncc(Br)c2cc1C(N)=O. The zero-order valence-electron chi connectivity index (χ0n) is 12.9. The monoisotopic (exact) mass is 378 g/mol. The van der Waals surface area contributed by atoms with Crippen LogP contribution >= 0.6 is 15.9 Å². The Balaban J connectivity index is 2.19. The summed E-state index contributed by atoms with van der Waals surface area (Å²) in [4.78, 5) is 18.4. The van der Waals surface area contributed by atoms with E-state index in [0.717, 1.165) is 47.0 Å². The second-order valence-electron chi connectivity index (χ2n) is 5.74. The number of rotatable bonds is 3. The minimum absolute atomic E-state index is 0.149. The van der Waals surface area contributed by atoms with Crippen LogP contribution in [0.15, 0.2) is 22.8 Å². The van der Waals surface area contributed by atoms with Gasteiger partial charge in [0.25, 0.3) is 5.91 Å². The van der Waals surface area contributed by atoms with E-state index in [1.807, 2.05) is 6.07 Å². The number of pyridine rings is 1. The van der Waals surface area contributed by atoms with Gasteiger partial charge in [0.1, 0.15) is 11.6 Å². The molecule has 1 amide bonds. The number of nitrogens with zero attached hydrogens (tertiary/aromatic N) is 2. The number of anilines is 1. The number of hydrogen-bond acceptors (Lipinski definition) is 5. The van der Waals surface area contributed by atoms with Crippen LogP contribution in [0.1, 0.15) is 23.2 Å². The fraction of sp³-hybridized carbons (Fsp3) is 0.375. The third kappa shape index (κ3) is 2.98. The fourth-order valence-corrected chi connectivity index (χ4v) is 3.47. The summed E-state index contributed by atoms with van der Waals surface area (Å²) in [7, 11) is 1.52. The van der Waals surface area contributed by atoms with Gasteiger partial charge in [-0.3, -0.25) is 4.79 Å². The third-order valence-electron chi connectivity index (χ3n) is 4.16. The number of primary amides is 1. The van der Waals surface area contributed by atoms with Gasteiger partial charge in [-0.2, -0.15) is 0 Å². The van der Waals surface area contributed by atoms with Crippen molar-refractivity contribution in [1.29, 1.82) is 0 Å². The highest BCUT2D eigenvalue weighted by molar-refractivity contribution is 9.10. The van der Waals surface area contributed by atoms with Crippen molar-refractivity contribution >= 4 is 38.4 Å². The lowest BCUT2D eigenvalue weighted by molar-refractivity contribution is 0.0997.